The minimum absolute atomic E-state index is 0.173. The van der Waals surface area contributed by atoms with Crippen molar-refractivity contribution in [3.63, 3.8) is 0 Å². The van der Waals surface area contributed by atoms with Gasteiger partial charge in [-0.15, -0.1) is 0 Å². The molecule has 0 radical (unpaired) electrons. The Morgan fingerprint density at radius 2 is 1.39 bits per heavy atom. The lowest BCUT2D eigenvalue weighted by Crippen LogP contribution is -2.15. The molecule has 2 aromatic carbocycles. The van der Waals surface area contributed by atoms with Gasteiger partial charge in [-0.25, -0.2) is 9.59 Å². The summed E-state index contributed by atoms with van der Waals surface area (Å²) in [5.74, 6) is -0.699. The van der Waals surface area contributed by atoms with Crippen molar-refractivity contribution >= 4 is 22.7 Å². The molecule has 3 rings (SSSR count). The van der Waals surface area contributed by atoms with Crippen molar-refractivity contribution in [1.29, 1.82) is 5.41 Å². The molecule has 0 saturated carbocycles. The van der Waals surface area contributed by atoms with Gasteiger partial charge in [0.1, 0.15) is 16.9 Å². The van der Waals surface area contributed by atoms with Crippen LogP contribution in [0.4, 0.5) is 0 Å². The normalized spacial score (nSPS) is 11.0. The Morgan fingerprint density at radius 3 is 2.03 bits per heavy atom. The van der Waals surface area contributed by atoms with Crippen molar-refractivity contribution in [2.75, 3.05) is 6.61 Å². The monoisotopic (exact) mass is 491 g/mol. The number of hydrogen-bond donors (Lipinski definition) is 2. The maximum absolute atomic E-state index is 12.4. The highest BCUT2D eigenvalue weighted by molar-refractivity contribution is 6.14. The number of benzene rings is 2. The maximum Gasteiger partial charge on any atom is 0.349 e. The van der Waals surface area contributed by atoms with E-state index in [0.29, 0.717) is 23.1 Å². The second-order valence-corrected chi connectivity index (χ2v) is 9.23. The summed E-state index contributed by atoms with van der Waals surface area (Å²) in [5, 5.41) is 19.4. The van der Waals surface area contributed by atoms with Crippen LogP contribution in [-0.4, -0.2) is 23.4 Å². The van der Waals surface area contributed by atoms with E-state index in [0.717, 1.165) is 12.8 Å². The van der Waals surface area contributed by atoms with Gasteiger partial charge in [0.05, 0.1) is 23.3 Å². The molecule has 0 aliphatic carbocycles. The van der Waals surface area contributed by atoms with Gasteiger partial charge in [0.25, 0.3) is 0 Å². The number of unbranched alkanes of at least 4 members (excludes halogenated alkanes) is 10. The first-order chi connectivity index (χ1) is 17.5. The van der Waals surface area contributed by atoms with E-state index in [9.17, 15) is 14.7 Å². The van der Waals surface area contributed by atoms with Crippen LogP contribution in [0.5, 0.6) is 5.75 Å². The van der Waals surface area contributed by atoms with Crippen molar-refractivity contribution in [3.8, 4) is 5.75 Å². The smallest absolute Gasteiger partial charge is 0.349 e. The molecular weight excluding hydrogens is 454 g/mol. The molecule has 3 aromatic rings. The van der Waals surface area contributed by atoms with Crippen LogP contribution in [0.25, 0.3) is 11.0 Å². The minimum Gasteiger partial charge on any atom is -0.506 e. The summed E-state index contributed by atoms with van der Waals surface area (Å²) < 4.78 is 10.6. The highest BCUT2D eigenvalue weighted by Crippen LogP contribution is 2.27. The van der Waals surface area contributed by atoms with Gasteiger partial charge in [0.15, 0.2) is 0 Å². The van der Waals surface area contributed by atoms with Crippen LogP contribution < -0.4 is 5.63 Å². The molecule has 1 heterocycles. The van der Waals surface area contributed by atoms with Crippen molar-refractivity contribution in [2.24, 2.45) is 0 Å². The molecule has 0 aliphatic heterocycles. The summed E-state index contributed by atoms with van der Waals surface area (Å²) in [4.78, 5) is 24.7. The Kier molecular flexibility index (Phi) is 10.7. The largest absolute Gasteiger partial charge is 0.506 e. The molecule has 0 fully saturated rings. The van der Waals surface area contributed by atoms with E-state index in [2.05, 4.69) is 6.92 Å². The Morgan fingerprint density at radius 1 is 0.833 bits per heavy atom. The van der Waals surface area contributed by atoms with E-state index >= 15 is 0 Å². The highest BCUT2D eigenvalue weighted by atomic mass is 16.5. The molecular formula is C30H37NO5. The minimum atomic E-state index is -0.786. The molecule has 0 aliphatic rings. The molecule has 0 atom stereocenters. The Labute approximate surface area is 212 Å². The van der Waals surface area contributed by atoms with E-state index in [1.165, 1.54) is 57.8 Å². The number of aromatic hydroxyl groups is 1. The first kappa shape index (κ1) is 27.2. The van der Waals surface area contributed by atoms with Crippen LogP contribution in [0, 0.1) is 5.41 Å². The average Bonchev–Trinajstić information content (AvgIpc) is 2.89. The number of ether oxygens (including phenoxy) is 1. The maximum atomic E-state index is 12.4. The first-order valence-corrected chi connectivity index (χ1v) is 13.1. The lowest BCUT2D eigenvalue weighted by Gasteiger charge is -2.09. The van der Waals surface area contributed by atoms with E-state index < -0.39 is 11.6 Å². The topological polar surface area (TPSA) is 101 Å². The van der Waals surface area contributed by atoms with Crippen LogP contribution >= 0.6 is 0 Å². The lowest BCUT2D eigenvalue weighted by molar-refractivity contribution is 0.0497. The summed E-state index contributed by atoms with van der Waals surface area (Å²) in [6, 6.07) is 12.9. The third-order valence-electron chi connectivity index (χ3n) is 6.43. The zero-order chi connectivity index (χ0) is 25.8. The van der Waals surface area contributed by atoms with E-state index in [-0.39, 0.29) is 22.6 Å². The number of carbonyl (C=O) groups excluding carboxylic acids is 1. The molecule has 192 valence electrons. The Balaban J connectivity index is 1.42. The summed E-state index contributed by atoms with van der Waals surface area (Å²) in [6.07, 6.45) is 13.6. The van der Waals surface area contributed by atoms with Gasteiger partial charge in [-0.05, 0) is 30.7 Å². The van der Waals surface area contributed by atoms with E-state index in [1.54, 1.807) is 48.5 Å². The van der Waals surface area contributed by atoms with Gasteiger partial charge >= 0.3 is 11.6 Å². The molecule has 0 spiro atoms. The fourth-order valence-electron chi connectivity index (χ4n) is 4.29. The Hall–Kier alpha value is -3.41. The molecule has 0 bridgehead atoms. The predicted octanol–water partition coefficient (Wildman–Crippen LogP) is 7.38. The molecule has 6 heteroatoms. The molecule has 6 nitrogen and oxygen atoms in total. The van der Waals surface area contributed by atoms with Gasteiger partial charge in [-0.1, -0.05) is 95.4 Å². The van der Waals surface area contributed by atoms with Crippen LogP contribution in [-0.2, 0) is 4.74 Å². The number of hydrogen-bond acceptors (Lipinski definition) is 6. The summed E-state index contributed by atoms with van der Waals surface area (Å²) in [7, 11) is 0. The van der Waals surface area contributed by atoms with Crippen LogP contribution in [0.2, 0.25) is 0 Å². The highest BCUT2D eigenvalue weighted by Gasteiger charge is 2.19. The number of fused-ring (bicyclic) bond motifs is 1. The molecule has 2 N–H and O–H groups in total. The number of para-hydroxylation sites is 1. The number of esters is 1. The third kappa shape index (κ3) is 7.54. The zero-order valence-corrected chi connectivity index (χ0v) is 21.2. The lowest BCUT2D eigenvalue weighted by atomic mass is 10.0. The summed E-state index contributed by atoms with van der Waals surface area (Å²) in [5.41, 5.74) is -0.147. The van der Waals surface area contributed by atoms with E-state index in [4.69, 9.17) is 14.6 Å². The second-order valence-electron chi connectivity index (χ2n) is 9.23. The fourth-order valence-corrected chi connectivity index (χ4v) is 4.29. The molecule has 1 aromatic heterocycles. The van der Waals surface area contributed by atoms with Gasteiger partial charge < -0.3 is 14.3 Å². The van der Waals surface area contributed by atoms with Gasteiger partial charge in [-0.3, -0.25) is 5.41 Å². The second kappa shape index (κ2) is 14.2. The van der Waals surface area contributed by atoms with E-state index in [1.807, 2.05) is 0 Å². The van der Waals surface area contributed by atoms with Crippen LogP contribution in [0.3, 0.4) is 0 Å². The van der Waals surface area contributed by atoms with Crippen LogP contribution in [0.1, 0.15) is 99.0 Å². The molecule has 36 heavy (non-hydrogen) atoms. The Bertz CT molecular complexity index is 1200. The van der Waals surface area contributed by atoms with Gasteiger partial charge in [0, 0.05) is 5.56 Å². The number of nitrogens with one attached hydrogen (secondary N) is 1. The number of rotatable bonds is 15. The van der Waals surface area contributed by atoms with Gasteiger partial charge in [0.2, 0.25) is 0 Å². The van der Waals surface area contributed by atoms with Gasteiger partial charge in [-0.2, -0.15) is 0 Å². The molecule has 0 unspecified atom stereocenters. The van der Waals surface area contributed by atoms with Crippen molar-refractivity contribution in [1.82, 2.24) is 0 Å². The van der Waals surface area contributed by atoms with Crippen molar-refractivity contribution in [2.45, 2.75) is 77.6 Å². The SMILES string of the molecule is CCCCCCCCCCCCCOC(=O)c1ccc(C(=N)c2c(O)c3ccccc3oc2=O)cc1. The third-order valence-corrected chi connectivity index (χ3v) is 6.43. The average molecular weight is 492 g/mol. The molecule has 0 saturated heterocycles. The first-order valence-electron chi connectivity index (χ1n) is 13.1. The standard InChI is InChI=1S/C30H37NO5/c1-2-3-4-5-6-7-8-9-10-11-14-21-35-29(33)23-19-17-22(18-20-23)27(31)26-28(32)24-15-12-13-16-25(24)36-30(26)34/h12-13,15-20,31-32H,2-11,14,21H2,1H3. The molecule has 0 amide bonds. The van der Waals surface area contributed by atoms with Crippen LogP contribution in [0.15, 0.2) is 57.7 Å². The van der Waals surface area contributed by atoms with Crippen molar-refractivity contribution in [3.05, 3.63) is 75.6 Å². The number of carbonyl (C=O) groups is 1. The summed E-state index contributed by atoms with van der Waals surface area (Å²) in [6.45, 7) is 2.63. The zero-order valence-electron chi connectivity index (χ0n) is 21.2. The predicted molar refractivity (Wildman–Crippen MR) is 143 cm³/mol. The quantitative estimate of drug-likeness (QED) is 0.0999. The van der Waals surface area contributed by atoms with Crippen molar-refractivity contribution < 1.29 is 19.1 Å². The fraction of sp³-hybridized carbons (Fsp3) is 0.433. The summed E-state index contributed by atoms with van der Waals surface area (Å²) >= 11 is 0.